The molecule has 2 saturated heterocycles. The fourth-order valence-electron chi connectivity index (χ4n) is 2.64. The first kappa shape index (κ1) is 10.1. The summed E-state index contributed by atoms with van der Waals surface area (Å²) in [5.41, 5.74) is 1.18. The van der Waals surface area contributed by atoms with Gasteiger partial charge in [-0.1, -0.05) is 0 Å². The molecule has 86 valence electrons. The van der Waals surface area contributed by atoms with Gasteiger partial charge in [0, 0.05) is 25.4 Å². The van der Waals surface area contributed by atoms with E-state index in [0.29, 0.717) is 6.04 Å². The zero-order valence-electron chi connectivity index (χ0n) is 9.28. The zero-order valence-corrected chi connectivity index (χ0v) is 9.28. The maximum Gasteiger partial charge on any atom is 0.0839 e. The summed E-state index contributed by atoms with van der Waals surface area (Å²) in [6.45, 7) is 2.88. The van der Waals surface area contributed by atoms with Crippen LogP contribution in [0.2, 0.25) is 0 Å². The number of ether oxygens (including phenoxy) is 1. The summed E-state index contributed by atoms with van der Waals surface area (Å²) in [4.78, 5) is 4.10. The Morgan fingerprint density at radius 1 is 1.56 bits per heavy atom. The Kier molecular flexibility index (Phi) is 2.53. The van der Waals surface area contributed by atoms with Crippen molar-refractivity contribution >= 4 is 5.69 Å². The van der Waals surface area contributed by atoms with Crippen LogP contribution < -0.4 is 10.6 Å². The van der Waals surface area contributed by atoms with Crippen molar-refractivity contribution in [1.29, 1.82) is 0 Å². The van der Waals surface area contributed by atoms with Crippen molar-refractivity contribution in [1.82, 2.24) is 10.3 Å². The molecule has 2 fully saturated rings. The molecule has 0 radical (unpaired) electrons. The Morgan fingerprint density at radius 3 is 3.31 bits per heavy atom. The van der Waals surface area contributed by atoms with Crippen LogP contribution in [0, 0.1) is 0 Å². The molecule has 3 rings (SSSR count). The Hall–Kier alpha value is -1.13. The molecule has 2 N–H and O–H groups in total. The largest absolute Gasteiger partial charge is 0.379 e. The van der Waals surface area contributed by atoms with Gasteiger partial charge in [-0.3, -0.25) is 4.98 Å². The van der Waals surface area contributed by atoms with Crippen molar-refractivity contribution in [2.75, 3.05) is 25.0 Å². The van der Waals surface area contributed by atoms with E-state index in [1.165, 1.54) is 0 Å². The summed E-state index contributed by atoms with van der Waals surface area (Å²) in [6, 6.07) is 4.42. The summed E-state index contributed by atoms with van der Waals surface area (Å²) >= 11 is 0. The predicted molar refractivity (Wildman–Crippen MR) is 62.4 cm³/mol. The molecule has 0 amide bonds. The van der Waals surface area contributed by atoms with Crippen molar-refractivity contribution < 1.29 is 4.74 Å². The van der Waals surface area contributed by atoms with E-state index >= 15 is 0 Å². The zero-order chi connectivity index (χ0) is 10.8. The molecule has 3 heterocycles. The van der Waals surface area contributed by atoms with Gasteiger partial charge in [-0.25, -0.2) is 0 Å². The van der Waals surface area contributed by atoms with Gasteiger partial charge in [0.2, 0.25) is 0 Å². The lowest BCUT2D eigenvalue weighted by Crippen LogP contribution is -2.31. The maximum absolute atomic E-state index is 5.94. The molecule has 0 aliphatic carbocycles. The Morgan fingerprint density at radius 2 is 2.56 bits per heavy atom. The smallest absolute Gasteiger partial charge is 0.0839 e. The highest BCUT2D eigenvalue weighted by Crippen LogP contribution is 2.32. The third kappa shape index (κ3) is 1.90. The lowest BCUT2D eigenvalue weighted by atomic mass is 9.97. The molecule has 2 atom stereocenters. The quantitative estimate of drug-likeness (QED) is 0.779. The number of hydrogen-bond acceptors (Lipinski definition) is 4. The molecule has 1 aromatic heterocycles. The monoisotopic (exact) mass is 219 g/mol. The van der Waals surface area contributed by atoms with E-state index in [9.17, 15) is 0 Å². The van der Waals surface area contributed by atoms with Crippen LogP contribution in [0.3, 0.4) is 0 Å². The van der Waals surface area contributed by atoms with E-state index in [-0.39, 0.29) is 5.60 Å². The minimum atomic E-state index is 0.0971. The van der Waals surface area contributed by atoms with Crippen LogP contribution in [0.5, 0.6) is 0 Å². The van der Waals surface area contributed by atoms with E-state index in [1.807, 2.05) is 18.3 Å². The van der Waals surface area contributed by atoms with Crippen molar-refractivity contribution in [2.24, 2.45) is 0 Å². The Balaban J connectivity index is 1.62. The Labute approximate surface area is 95.4 Å². The number of aromatic nitrogens is 1. The van der Waals surface area contributed by atoms with Crippen molar-refractivity contribution in [3.05, 3.63) is 24.5 Å². The van der Waals surface area contributed by atoms with Crippen LogP contribution in [0.1, 0.15) is 12.8 Å². The van der Waals surface area contributed by atoms with Gasteiger partial charge in [-0.2, -0.15) is 0 Å². The number of nitrogens with one attached hydrogen (secondary N) is 2. The topological polar surface area (TPSA) is 46.2 Å². The summed E-state index contributed by atoms with van der Waals surface area (Å²) in [6.07, 6.45) is 5.88. The fraction of sp³-hybridized carbons (Fsp3) is 0.583. The van der Waals surface area contributed by atoms with Crippen molar-refractivity contribution in [2.45, 2.75) is 24.5 Å². The molecular weight excluding hydrogens is 202 g/mol. The van der Waals surface area contributed by atoms with Crippen LogP contribution in [-0.4, -0.2) is 36.3 Å². The van der Waals surface area contributed by atoms with E-state index in [1.54, 1.807) is 6.20 Å². The van der Waals surface area contributed by atoms with Gasteiger partial charge in [-0.15, -0.1) is 0 Å². The molecule has 1 aromatic rings. The molecule has 16 heavy (non-hydrogen) atoms. The normalized spacial score (nSPS) is 33.4. The minimum absolute atomic E-state index is 0.0971. The van der Waals surface area contributed by atoms with E-state index in [0.717, 1.165) is 38.2 Å². The van der Waals surface area contributed by atoms with Gasteiger partial charge in [0.05, 0.1) is 23.9 Å². The van der Waals surface area contributed by atoms with Gasteiger partial charge >= 0.3 is 0 Å². The van der Waals surface area contributed by atoms with Gasteiger partial charge in [-0.05, 0) is 25.1 Å². The van der Waals surface area contributed by atoms with Crippen LogP contribution >= 0.6 is 0 Å². The lowest BCUT2D eigenvalue weighted by molar-refractivity contribution is 0.0214. The average molecular weight is 219 g/mol. The van der Waals surface area contributed by atoms with Gasteiger partial charge < -0.3 is 15.4 Å². The number of anilines is 1. The second-order valence-corrected chi connectivity index (χ2v) is 4.71. The Bertz CT molecular complexity index is 349. The SMILES string of the molecule is c1cncc(N[C@H]2CO[C@@]3(CCNC3)C2)c1. The molecule has 0 saturated carbocycles. The highest BCUT2D eigenvalue weighted by atomic mass is 16.5. The first-order chi connectivity index (χ1) is 7.86. The fourth-order valence-corrected chi connectivity index (χ4v) is 2.64. The molecule has 4 nitrogen and oxygen atoms in total. The highest BCUT2D eigenvalue weighted by Gasteiger charge is 2.42. The second kappa shape index (κ2) is 4.03. The van der Waals surface area contributed by atoms with Crippen molar-refractivity contribution in [3.8, 4) is 0 Å². The van der Waals surface area contributed by atoms with Crippen LogP contribution in [0.25, 0.3) is 0 Å². The third-order valence-electron chi connectivity index (χ3n) is 3.45. The molecule has 4 heteroatoms. The number of rotatable bonds is 2. The molecule has 2 aliphatic heterocycles. The lowest BCUT2D eigenvalue weighted by Gasteiger charge is -2.20. The standard InChI is InChI=1S/C12H17N3O/c1-2-10(7-13-4-1)15-11-6-12(16-8-11)3-5-14-9-12/h1-2,4,7,11,14-15H,3,5-6,8-9H2/t11-,12+/m1/s1. The molecule has 1 spiro atoms. The van der Waals surface area contributed by atoms with Crippen LogP contribution in [0.4, 0.5) is 5.69 Å². The van der Waals surface area contributed by atoms with Gasteiger partial charge in [0.25, 0.3) is 0 Å². The van der Waals surface area contributed by atoms with Gasteiger partial charge in [0.1, 0.15) is 0 Å². The molecule has 0 aromatic carbocycles. The van der Waals surface area contributed by atoms with Crippen LogP contribution in [-0.2, 0) is 4.74 Å². The summed E-state index contributed by atoms with van der Waals surface area (Å²) in [5.74, 6) is 0. The van der Waals surface area contributed by atoms with E-state index < -0.39 is 0 Å². The maximum atomic E-state index is 5.94. The summed E-state index contributed by atoms with van der Waals surface area (Å²) < 4.78 is 5.94. The van der Waals surface area contributed by atoms with Crippen LogP contribution in [0.15, 0.2) is 24.5 Å². The first-order valence-corrected chi connectivity index (χ1v) is 5.88. The second-order valence-electron chi connectivity index (χ2n) is 4.71. The van der Waals surface area contributed by atoms with Gasteiger partial charge in [0.15, 0.2) is 0 Å². The third-order valence-corrected chi connectivity index (χ3v) is 3.45. The highest BCUT2D eigenvalue weighted by molar-refractivity contribution is 5.41. The molecular formula is C12H17N3O. The number of pyridine rings is 1. The predicted octanol–water partition coefficient (Wildman–Crippen LogP) is 1.01. The molecule has 2 aliphatic rings. The van der Waals surface area contributed by atoms with Crippen molar-refractivity contribution in [3.63, 3.8) is 0 Å². The summed E-state index contributed by atoms with van der Waals surface area (Å²) in [5, 5.41) is 6.85. The summed E-state index contributed by atoms with van der Waals surface area (Å²) in [7, 11) is 0. The molecule has 0 unspecified atom stereocenters. The van der Waals surface area contributed by atoms with E-state index in [4.69, 9.17) is 4.74 Å². The minimum Gasteiger partial charge on any atom is -0.379 e. The molecule has 0 bridgehead atoms. The first-order valence-electron chi connectivity index (χ1n) is 5.88. The number of nitrogens with zero attached hydrogens (tertiary/aromatic N) is 1. The number of hydrogen-bond donors (Lipinski definition) is 2. The van der Waals surface area contributed by atoms with E-state index in [2.05, 4.69) is 15.6 Å². The average Bonchev–Trinajstić information content (AvgIpc) is 2.92.